The van der Waals surface area contributed by atoms with E-state index in [2.05, 4.69) is 4.72 Å². The molecule has 0 saturated carbocycles. The highest BCUT2D eigenvalue weighted by Crippen LogP contribution is 2.27. The van der Waals surface area contributed by atoms with E-state index in [1.807, 2.05) is 17.5 Å². The van der Waals surface area contributed by atoms with Gasteiger partial charge in [-0.15, -0.1) is 11.3 Å². The third-order valence-corrected chi connectivity index (χ3v) is 6.47. The summed E-state index contributed by atoms with van der Waals surface area (Å²) in [6.07, 6.45) is 0.588. The Morgan fingerprint density at radius 1 is 1.40 bits per heavy atom. The summed E-state index contributed by atoms with van der Waals surface area (Å²) in [6.45, 7) is 1.76. The second-order valence-electron chi connectivity index (χ2n) is 4.16. The van der Waals surface area contributed by atoms with Crippen LogP contribution in [0.3, 0.4) is 0 Å². The fourth-order valence-corrected chi connectivity index (χ4v) is 4.85. The molecule has 1 N–H and O–H groups in total. The minimum absolute atomic E-state index is 0.0396. The first-order valence-corrected chi connectivity index (χ1v) is 8.85. The lowest BCUT2D eigenvalue weighted by atomic mass is 10.2. The van der Waals surface area contributed by atoms with Crippen LogP contribution in [0.4, 0.5) is 5.00 Å². The van der Waals surface area contributed by atoms with Gasteiger partial charge in [-0.3, -0.25) is 10.1 Å². The zero-order valence-electron chi connectivity index (χ0n) is 10.5. The van der Waals surface area contributed by atoms with Gasteiger partial charge in [0, 0.05) is 17.0 Å². The van der Waals surface area contributed by atoms with Crippen LogP contribution in [0.2, 0.25) is 0 Å². The number of sulfonamides is 1. The summed E-state index contributed by atoms with van der Waals surface area (Å²) in [6, 6.07) is 6.02. The van der Waals surface area contributed by atoms with Gasteiger partial charge in [0.1, 0.15) is 4.21 Å². The lowest BCUT2D eigenvalue weighted by Gasteiger charge is -2.11. The van der Waals surface area contributed by atoms with Crippen molar-refractivity contribution in [1.82, 2.24) is 4.72 Å². The van der Waals surface area contributed by atoms with E-state index in [9.17, 15) is 18.5 Å². The van der Waals surface area contributed by atoms with Crippen molar-refractivity contribution >= 4 is 37.7 Å². The minimum atomic E-state index is -3.71. The predicted octanol–water partition coefficient (Wildman–Crippen LogP) is 2.63. The van der Waals surface area contributed by atoms with Crippen molar-refractivity contribution in [3.8, 4) is 0 Å². The molecule has 2 heterocycles. The molecule has 20 heavy (non-hydrogen) atoms. The fraction of sp³-hybridized carbons (Fsp3) is 0.273. The first kappa shape index (κ1) is 15.1. The van der Waals surface area contributed by atoms with Crippen molar-refractivity contribution in [2.24, 2.45) is 0 Å². The van der Waals surface area contributed by atoms with Gasteiger partial charge in [0.05, 0.1) is 4.92 Å². The molecule has 0 bridgehead atoms. The van der Waals surface area contributed by atoms with E-state index in [0.717, 1.165) is 4.88 Å². The summed E-state index contributed by atoms with van der Waals surface area (Å²) in [5.74, 6) is 0. The molecule has 0 saturated heterocycles. The summed E-state index contributed by atoms with van der Waals surface area (Å²) < 4.78 is 26.7. The number of hydrogen-bond donors (Lipinski definition) is 1. The smallest absolute Gasteiger partial charge is 0.258 e. The molecular formula is C11H12N2O4S3. The summed E-state index contributed by atoms with van der Waals surface area (Å²) in [5, 5.41) is 12.3. The van der Waals surface area contributed by atoms with Crippen LogP contribution in [0.25, 0.3) is 0 Å². The highest BCUT2D eigenvalue weighted by atomic mass is 32.2. The van der Waals surface area contributed by atoms with Gasteiger partial charge < -0.3 is 0 Å². The van der Waals surface area contributed by atoms with Crippen LogP contribution in [0.1, 0.15) is 11.8 Å². The number of nitrogens with zero attached hydrogens (tertiary/aromatic N) is 1. The van der Waals surface area contributed by atoms with Gasteiger partial charge in [-0.05, 0) is 42.2 Å². The van der Waals surface area contributed by atoms with Crippen molar-refractivity contribution in [2.75, 3.05) is 0 Å². The van der Waals surface area contributed by atoms with Crippen LogP contribution in [0.15, 0.2) is 33.9 Å². The SMILES string of the molecule is C[C@H](Cc1cccs1)NS(=O)(=O)c1ccc([N+](=O)[O-])s1. The standard InChI is InChI=1S/C11H12N2O4S3/c1-8(7-9-3-2-6-18-9)12-20(16,17)11-5-4-10(19-11)13(14)15/h2-6,8,12H,7H2,1H3/t8-/m1/s1. The molecule has 0 unspecified atom stereocenters. The largest absolute Gasteiger partial charge is 0.325 e. The van der Waals surface area contributed by atoms with E-state index < -0.39 is 14.9 Å². The van der Waals surface area contributed by atoms with Gasteiger partial charge >= 0.3 is 5.00 Å². The van der Waals surface area contributed by atoms with Crippen LogP contribution < -0.4 is 4.72 Å². The van der Waals surface area contributed by atoms with E-state index in [0.29, 0.717) is 17.8 Å². The Kier molecular flexibility index (Phi) is 4.53. The number of rotatable bonds is 6. The zero-order valence-corrected chi connectivity index (χ0v) is 12.9. The average molecular weight is 332 g/mol. The molecule has 2 aromatic rings. The van der Waals surface area contributed by atoms with Crippen LogP contribution >= 0.6 is 22.7 Å². The number of nitrogens with one attached hydrogen (secondary N) is 1. The van der Waals surface area contributed by atoms with E-state index in [4.69, 9.17) is 0 Å². The molecule has 108 valence electrons. The lowest BCUT2D eigenvalue weighted by Crippen LogP contribution is -2.33. The molecule has 9 heteroatoms. The minimum Gasteiger partial charge on any atom is -0.258 e. The van der Waals surface area contributed by atoms with Gasteiger partial charge in [-0.1, -0.05) is 6.07 Å². The Morgan fingerprint density at radius 3 is 2.70 bits per heavy atom. The third-order valence-electron chi connectivity index (χ3n) is 2.46. The second kappa shape index (κ2) is 6.00. The maximum atomic E-state index is 12.1. The molecule has 1 atom stereocenters. The van der Waals surface area contributed by atoms with Crippen molar-refractivity contribution in [2.45, 2.75) is 23.6 Å². The first-order valence-electron chi connectivity index (χ1n) is 5.67. The molecule has 6 nitrogen and oxygen atoms in total. The summed E-state index contributed by atoms with van der Waals surface area (Å²) in [7, 11) is -3.71. The normalized spacial score (nSPS) is 13.2. The molecule has 0 aliphatic rings. The number of nitro groups is 1. The Bertz CT molecular complexity index is 691. The Labute approximate surface area is 124 Å². The van der Waals surface area contributed by atoms with E-state index >= 15 is 0 Å². The summed E-state index contributed by atoms with van der Waals surface area (Å²) >= 11 is 2.21. The highest BCUT2D eigenvalue weighted by Gasteiger charge is 2.22. The summed E-state index contributed by atoms with van der Waals surface area (Å²) in [5.41, 5.74) is 0. The molecule has 2 rings (SSSR count). The molecule has 2 aromatic heterocycles. The Morgan fingerprint density at radius 2 is 2.15 bits per heavy atom. The topological polar surface area (TPSA) is 89.3 Å². The van der Waals surface area contributed by atoms with Crippen LogP contribution in [0, 0.1) is 10.1 Å². The fourth-order valence-electron chi connectivity index (χ4n) is 1.65. The van der Waals surface area contributed by atoms with Gasteiger partial charge in [0.2, 0.25) is 0 Å². The Hall–Kier alpha value is -1.29. The van der Waals surface area contributed by atoms with Crippen LogP contribution in [-0.4, -0.2) is 19.4 Å². The first-order chi connectivity index (χ1) is 9.38. The van der Waals surface area contributed by atoms with E-state index in [-0.39, 0.29) is 15.3 Å². The van der Waals surface area contributed by atoms with Crippen LogP contribution in [0.5, 0.6) is 0 Å². The molecule has 0 aliphatic carbocycles. The molecule has 0 spiro atoms. The van der Waals surface area contributed by atoms with Crippen LogP contribution in [-0.2, 0) is 16.4 Å². The zero-order chi connectivity index (χ0) is 14.8. The van der Waals surface area contributed by atoms with Gasteiger partial charge in [-0.25, -0.2) is 13.1 Å². The second-order valence-corrected chi connectivity index (χ2v) is 8.19. The van der Waals surface area contributed by atoms with E-state index in [1.165, 1.54) is 12.1 Å². The molecule has 0 amide bonds. The quantitative estimate of drug-likeness (QED) is 0.650. The average Bonchev–Trinajstić information content (AvgIpc) is 2.97. The van der Waals surface area contributed by atoms with Gasteiger partial charge in [0.15, 0.2) is 0 Å². The molecule has 0 aliphatic heterocycles. The Balaban J connectivity index is 2.08. The molecular weight excluding hydrogens is 320 g/mol. The van der Waals surface area contributed by atoms with Crippen molar-refractivity contribution in [3.63, 3.8) is 0 Å². The summed E-state index contributed by atoms with van der Waals surface area (Å²) in [4.78, 5) is 11.1. The maximum Gasteiger partial charge on any atom is 0.325 e. The van der Waals surface area contributed by atoms with Crippen molar-refractivity contribution < 1.29 is 13.3 Å². The molecule has 0 fully saturated rings. The molecule has 0 radical (unpaired) electrons. The monoisotopic (exact) mass is 332 g/mol. The molecule has 0 aromatic carbocycles. The van der Waals surface area contributed by atoms with Gasteiger partial charge in [0.25, 0.3) is 10.0 Å². The lowest BCUT2D eigenvalue weighted by molar-refractivity contribution is -0.380. The van der Waals surface area contributed by atoms with E-state index in [1.54, 1.807) is 18.3 Å². The van der Waals surface area contributed by atoms with Crippen molar-refractivity contribution in [3.05, 3.63) is 44.6 Å². The highest BCUT2D eigenvalue weighted by molar-refractivity contribution is 7.91. The third kappa shape index (κ3) is 3.63. The predicted molar refractivity (Wildman–Crippen MR) is 78.8 cm³/mol. The maximum absolute atomic E-state index is 12.1. The van der Waals surface area contributed by atoms with Crippen molar-refractivity contribution in [1.29, 1.82) is 0 Å². The van der Waals surface area contributed by atoms with Gasteiger partial charge in [-0.2, -0.15) is 0 Å². The number of hydrogen-bond acceptors (Lipinski definition) is 6. The number of thiophene rings is 2.